The molecule has 130 valence electrons. The lowest BCUT2D eigenvalue weighted by atomic mass is 10.2. The molecule has 3 rings (SSSR count). The Labute approximate surface area is 140 Å². The highest BCUT2D eigenvalue weighted by Crippen LogP contribution is 2.12. The van der Waals surface area contributed by atoms with E-state index < -0.39 is 6.10 Å². The van der Waals surface area contributed by atoms with Crippen molar-refractivity contribution in [3.05, 3.63) is 35.6 Å². The van der Waals surface area contributed by atoms with E-state index in [2.05, 4.69) is 5.32 Å². The summed E-state index contributed by atoms with van der Waals surface area (Å²) in [6, 6.07) is 5.56. The normalized spacial score (nSPS) is 22.1. The molecule has 0 spiro atoms. The summed E-state index contributed by atoms with van der Waals surface area (Å²) in [6.07, 6.45) is 0.289. The first kappa shape index (κ1) is 16.9. The molecule has 0 aromatic heterocycles. The van der Waals surface area contributed by atoms with Gasteiger partial charge in [-0.15, -0.1) is 0 Å². The lowest BCUT2D eigenvalue weighted by molar-refractivity contribution is -0.145. The Morgan fingerprint density at radius 1 is 1.08 bits per heavy atom. The van der Waals surface area contributed by atoms with E-state index in [0.29, 0.717) is 44.9 Å². The Morgan fingerprint density at radius 3 is 2.50 bits per heavy atom. The van der Waals surface area contributed by atoms with Crippen LogP contribution in [0.3, 0.4) is 0 Å². The van der Waals surface area contributed by atoms with Crippen LogP contribution in [0, 0.1) is 5.82 Å². The van der Waals surface area contributed by atoms with Gasteiger partial charge in [0.25, 0.3) is 11.8 Å². The van der Waals surface area contributed by atoms with Crippen LogP contribution in [-0.4, -0.2) is 73.6 Å². The molecular weight excluding hydrogens is 313 g/mol. The third-order valence-corrected chi connectivity index (χ3v) is 4.39. The average Bonchev–Trinajstić information content (AvgIpc) is 2.88. The van der Waals surface area contributed by atoms with Gasteiger partial charge in [-0.25, -0.2) is 4.39 Å². The van der Waals surface area contributed by atoms with E-state index in [1.54, 1.807) is 9.80 Å². The number of hydrogen-bond acceptors (Lipinski definition) is 4. The van der Waals surface area contributed by atoms with Gasteiger partial charge in [0.05, 0.1) is 6.61 Å². The molecule has 2 aliphatic rings. The van der Waals surface area contributed by atoms with Crippen molar-refractivity contribution < 1.29 is 18.7 Å². The number of hydrogen-bond donors (Lipinski definition) is 1. The molecule has 1 unspecified atom stereocenters. The molecule has 2 aliphatic heterocycles. The van der Waals surface area contributed by atoms with Crippen molar-refractivity contribution in [1.29, 1.82) is 0 Å². The van der Waals surface area contributed by atoms with Crippen molar-refractivity contribution >= 4 is 11.8 Å². The van der Waals surface area contributed by atoms with Crippen LogP contribution >= 0.6 is 0 Å². The Morgan fingerprint density at radius 2 is 1.79 bits per heavy atom. The van der Waals surface area contributed by atoms with E-state index in [1.165, 1.54) is 24.3 Å². The molecule has 0 saturated carbocycles. The zero-order valence-corrected chi connectivity index (χ0v) is 13.5. The summed E-state index contributed by atoms with van der Waals surface area (Å²) < 4.78 is 18.5. The fourth-order valence-electron chi connectivity index (χ4n) is 3.04. The molecule has 1 N–H and O–H groups in total. The highest BCUT2D eigenvalue weighted by Gasteiger charge is 2.29. The molecule has 1 aromatic rings. The SMILES string of the molecule is O=C(c1ccc(F)cc1)N1CCCN(C(=O)C2CNCCO2)CC1. The molecule has 2 fully saturated rings. The van der Waals surface area contributed by atoms with Crippen molar-refractivity contribution in [3.63, 3.8) is 0 Å². The maximum absolute atomic E-state index is 13.0. The monoisotopic (exact) mass is 335 g/mol. The van der Waals surface area contributed by atoms with E-state index >= 15 is 0 Å². The number of morpholine rings is 1. The van der Waals surface area contributed by atoms with Crippen molar-refractivity contribution in [2.75, 3.05) is 45.9 Å². The van der Waals surface area contributed by atoms with Gasteiger partial charge in [-0.3, -0.25) is 9.59 Å². The van der Waals surface area contributed by atoms with Gasteiger partial charge < -0.3 is 19.9 Å². The first-order valence-electron chi connectivity index (χ1n) is 8.31. The van der Waals surface area contributed by atoms with Crippen LogP contribution in [0.4, 0.5) is 4.39 Å². The minimum Gasteiger partial charge on any atom is -0.366 e. The number of carbonyl (C=O) groups excluding carboxylic acids is 2. The van der Waals surface area contributed by atoms with Gasteiger partial charge in [0.2, 0.25) is 0 Å². The first-order chi connectivity index (χ1) is 11.6. The molecule has 1 aromatic carbocycles. The van der Waals surface area contributed by atoms with Gasteiger partial charge in [-0.05, 0) is 30.7 Å². The van der Waals surface area contributed by atoms with Crippen molar-refractivity contribution in [3.8, 4) is 0 Å². The van der Waals surface area contributed by atoms with Crippen molar-refractivity contribution in [2.45, 2.75) is 12.5 Å². The summed E-state index contributed by atoms with van der Waals surface area (Å²) in [5.41, 5.74) is 0.469. The van der Waals surface area contributed by atoms with Gasteiger partial charge in [0.1, 0.15) is 11.9 Å². The number of amides is 2. The van der Waals surface area contributed by atoms with Crippen molar-refractivity contribution in [1.82, 2.24) is 15.1 Å². The maximum atomic E-state index is 13.0. The second-order valence-electron chi connectivity index (χ2n) is 6.04. The minimum atomic E-state index is -0.432. The molecule has 0 aliphatic carbocycles. The second kappa shape index (κ2) is 7.72. The highest BCUT2D eigenvalue weighted by molar-refractivity contribution is 5.94. The molecule has 1 atom stereocenters. The predicted octanol–water partition coefficient (Wildman–Crippen LogP) is 0.489. The Hall–Kier alpha value is -1.99. The molecule has 6 nitrogen and oxygen atoms in total. The Balaban J connectivity index is 1.59. The third-order valence-electron chi connectivity index (χ3n) is 4.39. The Kier molecular flexibility index (Phi) is 5.42. The van der Waals surface area contributed by atoms with Crippen LogP contribution < -0.4 is 5.32 Å². The zero-order valence-electron chi connectivity index (χ0n) is 13.5. The third kappa shape index (κ3) is 3.91. The maximum Gasteiger partial charge on any atom is 0.253 e. The van der Waals surface area contributed by atoms with Crippen LogP contribution in [0.1, 0.15) is 16.8 Å². The van der Waals surface area contributed by atoms with Crippen LogP contribution in [0.25, 0.3) is 0 Å². The minimum absolute atomic E-state index is 0.0155. The fraction of sp³-hybridized carbons (Fsp3) is 0.529. The summed E-state index contributed by atoms with van der Waals surface area (Å²) in [6.45, 7) is 4.01. The van der Waals surface area contributed by atoms with Gasteiger partial charge in [0.15, 0.2) is 0 Å². The summed E-state index contributed by atoms with van der Waals surface area (Å²) in [7, 11) is 0. The lowest BCUT2D eigenvalue weighted by Gasteiger charge is -2.29. The lowest BCUT2D eigenvalue weighted by Crippen LogP contribution is -2.50. The second-order valence-corrected chi connectivity index (χ2v) is 6.04. The number of carbonyl (C=O) groups is 2. The smallest absolute Gasteiger partial charge is 0.253 e. The summed E-state index contributed by atoms with van der Waals surface area (Å²) in [5, 5.41) is 3.16. The number of nitrogens with one attached hydrogen (secondary N) is 1. The van der Waals surface area contributed by atoms with Crippen LogP contribution in [0.2, 0.25) is 0 Å². The summed E-state index contributed by atoms with van der Waals surface area (Å²) in [5.74, 6) is -0.501. The first-order valence-corrected chi connectivity index (χ1v) is 8.31. The van der Waals surface area contributed by atoms with Gasteiger partial charge >= 0.3 is 0 Å². The van der Waals surface area contributed by atoms with Gasteiger partial charge in [-0.1, -0.05) is 0 Å². The van der Waals surface area contributed by atoms with Gasteiger partial charge in [0, 0.05) is 44.8 Å². The topological polar surface area (TPSA) is 61.9 Å². The van der Waals surface area contributed by atoms with Crippen LogP contribution in [-0.2, 0) is 9.53 Å². The number of halogens is 1. The molecule has 0 bridgehead atoms. The average molecular weight is 335 g/mol. The van der Waals surface area contributed by atoms with E-state index in [-0.39, 0.29) is 17.6 Å². The number of benzene rings is 1. The zero-order chi connectivity index (χ0) is 16.9. The highest BCUT2D eigenvalue weighted by atomic mass is 19.1. The number of rotatable bonds is 2. The Bertz CT molecular complexity index is 587. The van der Waals surface area contributed by atoms with E-state index in [4.69, 9.17) is 4.74 Å². The fourth-order valence-corrected chi connectivity index (χ4v) is 3.04. The summed E-state index contributed by atoms with van der Waals surface area (Å²) in [4.78, 5) is 28.5. The molecule has 2 saturated heterocycles. The number of nitrogens with zero attached hydrogens (tertiary/aromatic N) is 2. The quantitative estimate of drug-likeness (QED) is 0.854. The van der Waals surface area contributed by atoms with Crippen LogP contribution in [0.5, 0.6) is 0 Å². The molecule has 24 heavy (non-hydrogen) atoms. The number of ether oxygens (including phenoxy) is 1. The molecular formula is C17H22FN3O3. The van der Waals surface area contributed by atoms with E-state index in [0.717, 1.165) is 13.0 Å². The molecule has 0 radical (unpaired) electrons. The largest absolute Gasteiger partial charge is 0.366 e. The molecule has 2 heterocycles. The van der Waals surface area contributed by atoms with E-state index in [1.807, 2.05) is 0 Å². The van der Waals surface area contributed by atoms with Crippen molar-refractivity contribution in [2.24, 2.45) is 0 Å². The van der Waals surface area contributed by atoms with Gasteiger partial charge in [-0.2, -0.15) is 0 Å². The summed E-state index contributed by atoms with van der Waals surface area (Å²) >= 11 is 0. The molecule has 2 amide bonds. The predicted molar refractivity (Wildman–Crippen MR) is 86.1 cm³/mol. The van der Waals surface area contributed by atoms with E-state index in [9.17, 15) is 14.0 Å². The van der Waals surface area contributed by atoms with Crippen LogP contribution in [0.15, 0.2) is 24.3 Å². The molecule has 7 heteroatoms. The standard InChI is InChI=1S/C17H22FN3O3/c18-14-4-2-13(3-5-14)16(22)20-7-1-8-21(10-9-20)17(23)15-12-19-6-11-24-15/h2-5,15,19H,1,6-12H2.